The van der Waals surface area contributed by atoms with Gasteiger partial charge in [0.25, 0.3) is 0 Å². The van der Waals surface area contributed by atoms with E-state index in [-0.39, 0.29) is 10.8 Å². The highest BCUT2D eigenvalue weighted by atomic mass is 35.5. The van der Waals surface area contributed by atoms with Gasteiger partial charge in [0.2, 0.25) is 0 Å². The van der Waals surface area contributed by atoms with Crippen LogP contribution in [0.4, 0.5) is 19.0 Å². The van der Waals surface area contributed by atoms with Gasteiger partial charge in [0.15, 0.2) is 0 Å². The second kappa shape index (κ2) is 8.26. The van der Waals surface area contributed by atoms with E-state index < -0.39 is 11.7 Å². The molecule has 0 spiro atoms. The Morgan fingerprint density at radius 1 is 1.04 bits per heavy atom. The van der Waals surface area contributed by atoms with Gasteiger partial charge in [-0.2, -0.15) is 13.2 Å². The largest absolute Gasteiger partial charge is 0.489 e. The third kappa shape index (κ3) is 5.34. The lowest BCUT2D eigenvalue weighted by atomic mass is 10.2. The second-order valence-electron chi connectivity index (χ2n) is 5.70. The van der Waals surface area contributed by atoms with Crippen LogP contribution in [0, 0.1) is 0 Å². The monoisotopic (exact) mass is 393 g/mol. The Labute approximate surface area is 159 Å². The lowest BCUT2D eigenvalue weighted by Gasteiger charge is -2.11. The maximum absolute atomic E-state index is 12.6. The van der Waals surface area contributed by atoms with Crippen LogP contribution in [-0.4, -0.2) is 9.97 Å². The van der Waals surface area contributed by atoms with Crippen LogP contribution in [-0.2, 0) is 19.3 Å². The number of nitrogens with zero attached hydrogens (tertiary/aromatic N) is 2. The minimum atomic E-state index is -4.47. The van der Waals surface area contributed by atoms with Gasteiger partial charge in [-0.15, -0.1) is 0 Å². The average Bonchev–Trinajstić information content (AvgIpc) is 2.66. The van der Waals surface area contributed by atoms with E-state index >= 15 is 0 Å². The number of rotatable bonds is 6. The number of alkyl halides is 3. The van der Waals surface area contributed by atoms with Gasteiger partial charge in [0.05, 0.1) is 10.6 Å². The zero-order chi connectivity index (χ0) is 19.3. The van der Waals surface area contributed by atoms with Gasteiger partial charge in [-0.25, -0.2) is 4.98 Å². The van der Waals surface area contributed by atoms with Gasteiger partial charge in [-0.1, -0.05) is 29.8 Å². The minimum Gasteiger partial charge on any atom is -0.489 e. The van der Waals surface area contributed by atoms with Crippen LogP contribution in [0.1, 0.15) is 16.7 Å². The Kier molecular flexibility index (Phi) is 5.81. The van der Waals surface area contributed by atoms with Crippen molar-refractivity contribution < 1.29 is 17.9 Å². The molecule has 0 bridgehead atoms. The van der Waals surface area contributed by atoms with Crippen molar-refractivity contribution in [2.75, 3.05) is 5.32 Å². The van der Waals surface area contributed by atoms with Crippen molar-refractivity contribution in [3.63, 3.8) is 0 Å². The number of aromatic nitrogens is 2. The van der Waals surface area contributed by atoms with E-state index in [4.69, 9.17) is 16.3 Å². The normalized spacial score (nSPS) is 11.3. The third-order valence-electron chi connectivity index (χ3n) is 3.68. The first kappa shape index (κ1) is 19.0. The first-order chi connectivity index (χ1) is 12.9. The zero-order valence-electron chi connectivity index (χ0n) is 14.0. The van der Waals surface area contributed by atoms with Crippen molar-refractivity contribution in [1.82, 2.24) is 9.97 Å². The third-order valence-corrected chi connectivity index (χ3v) is 3.97. The molecule has 0 aliphatic heterocycles. The molecule has 3 rings (SSSR count). The molecule has 1 N–H and O–H groups in total. The molecule has 0 saturated heterocycles. The smallest absolute Gasteiger partial charge is 0.417 e. The molecule has 3 aromatic rings. The average molecular weight is 394 g/mol. The number of ether oxygens (including phenoxy) is 1. The Hall–Kier alpha value is -2.80. The van der Waals surface area contributed by atoms with Gasteiger partial charge in [0.1, 0.15) is 18.2 Å². The summed E-state index contributed by atoms with van der Waals surface area (Å²) in [5, 5.41) is 2.84. The lowest BCUT2D eigenvalue weighted by molar-refractivity contribution is -0.137. The molecule has 1 aromatic carbocycles. The fraction of sp³-hybridized carbons (Fsp3) is 0.158. The first-order valence-corrected chi connectivity index (χ1v) is 8.37. The van der Waals surface area contributed by atoms with E-state index in [1.54, 1.807) is 12.4 Å². The molecule has 0 amide bonds. The molecule has 0 aliphatic carbocycles. The molecule has 0 fully saturated rings. The number of nitrogens with one attached hydrogen (secondary N) is 1. The summed E-state index contributed by atoms with van der Waals surface area (Å²) in [5.74, 6) is 0.898. The summed E-state index contributed by atoms with van der Waals surface area (Å²) < 4.78 is 43.5. The van der Waals surface area contributed by atoms with Crippen molar-refractivity contribution in [2.45, 2.75) is 19.3 Å². The number of hydrogen-bond acceptors (Lipinski definition) is 4. The molecule has 0 saturated carbocycles. The van der Waals surface area contributed by atoms with Gasteiger partial charge in [0, 0.05) is 30.7 Å². The molecule has 2 heterocycles. The van der Waals surface area contributed by atoms with E-state index in [2.05, 4.69) is 15.3 Å². The molecule has 0 radical (unpaired) electrons. The predicted molar refractivity (Wildman–Crippen MR) is 96.6 cm³/mol. The van der Waals surface area contributed by atoms with Crippen LogP contribution in [0.5, 0.6) is 5.75 Å². The number of hydrogen-bond donors (Lipinski definition) is 1. The van der Waals surface area contributed by atoms with Gasteiger partial charge in [-0.05, 0) is 29.8 Å². The highest BCUT2D eigenvalue weighted by Gasteiger charge is 2.31. The molecule has 0 aliphatic rings. The standard InChI is InChI=1S/C19H15ClF3N3O/c20-17-8-15(19(21,22)23)11-26-18(17)25-10-13-3-5-16(6-4-13)27-12-14-2-1-7-24-9-14/h1-9,11H,10,12H2,(H,25,26). The zero-order valence-corrected chi connectivity index (χ0v) is 14.8. The van der Waals surface area contributed by atoms with Crippen LogP contribution in [0.2, 0.25) is 5.02 Å². The molecule has 140 valence electrons. The van der Waals surface area contributed by atoms with Crippen LogP contribution in [0.3, 0.4) is 0 Å². The molecule has 8 heteroatoms. The van der Waals surface area contributed by atoms with Crippen LogP contribution >= 0.6 is 11.6 Å². The first-order valence-electron chi connectivity index (χ1n) is 7.99. The number of benzene rings is 1. The van der Waals surface area contributed by atoms with Crippen molar-refractivity contribution in [2.24, 2.45) is 0 Å². The second-order valence-corrected chi connectivity index (χ2v) is 6.11. The van der Waals surface area contributed by atoms with E-state index in [0.717, 1.165) is 23.4 Å². The quantitative estimate of drug-likeness (QED) is 0.614. The highest BCUT2D eigenvalue weighted by Crippen LogP contribution is 2.32. The van der Waals surface area contributed by atoms with E-state index in [1.807, 2.05) is 36.4 Å². The molecular formula is C19H15ClF3N3O. The molecule has 0 atom stereocenters. The molecule has 27 heavy (non-hydrogen) atoms. The molecular weight excluding hydrogens is 379 g/mol. The van der Waals surface area contributed by atoms with Crippen molar-refractivity contribution in [3.8, 4) is 5.75 Å². The molecule has 0 unspecified atom stereocenters. The molecule has 4 nitrogen and oxygen atoms in total. The fourth-order valence-electron chi connectivity index (χ4n) is 2.26. The minimum absolute atomic E-state index is 0.0822. The Bertz CT molecular complexity index is 887. The van der Waals surface area contributed by atoms with E-state index in [1.165, 1.54) is 0 Å². The summed E-state index contributed by atoms with van der Waals surface area (Å²) in [5.41, 5.74) is 0.987. The van der Waals surface area contributed by atoms with Crippen LogP contribution in [0.25, 0.3) is 0 Å². The van der Waals surface area contributed by atoms with Crippen molar-refractivity contribution in [3.05, 3.63) is 82.8 Å². The van der Waals surface area contributed by atoms with Gasteiger partial charge < -0.3 is 10.1 Å². The van der Waals surface area contributed by atoms with E-state index in [0.29, 0.717) is 18.9 Å². The molecule has 2 aromatic heterocycles. The summed E-state index contributed by atoms with van der Waals surface area (Å²) in [4.78, 5) is 7.77. The number of pyridine rings is 2. The van der Waals surface area contributed by atoms with Crippen molar-refractivity contribution >= 4 is 17.4 Å². The van der Waals surface area contributed by atoms with Crippen molar-refractivity contribution in [1.29, 1.82) is 0 Å². The number of halogens is 4. The fourth-order valence-corrected chi connectivity index (χ4v) is 2.50. The summed E-state index contributed by atoms with van der Waals surface area (Å²) in [6.45, 7) is 0.775. The topological polar surface area (TPSA) is 47.0 Å². The van der Waals surface area contributed by atoms with Gasteiger partial charge in [-0.3, -0.25) is 4.98 Å². The SMILES string of the molecule is FC(F)(F)c1cnc(NCc2ccc(OCc3cccnc3)cc2)c(Cl)c1. The maximum Gasteiger partial charge on any atom is 0.417 e. The Morgan fingerprint density at radius 3 is 2.44 bits per heavy atom. The van der Waals surface area contributed by atoms with E-state index in [9.17, 15) is 13.2 Å². The van der Waals surface area contributed by atoms with Crippen LogP contribution in [0.15, 0.2) is 61.1 Å². The van der Waals surface area contributed by atoms with Crippen LogP contribution < -0.4 is 10.1 Å². The maximum atomic E-state index is 12.6. The van der Waals surface area contributed by atoms with Gasteiger partial charge >= 0.3 is 6.18 Å². The summed E-state index contributed by atoms with van der Waals surface area (Å²) in [6, 6.07) is 11.9. The Balaban J connectivity index is 1.56. The predicted octanol–water partition coefficient (Wildman–Crippen LogP) is 5.34. The lowest BCUT2D eigenvalue weighted by Crippen LogP contribution is -2.08. The summed E-state index contributed by atoms with van der Waals surface area (Å²) in [6.07, 6.45) is -0.285. The summed E-state index contributed by atoms with van der Waals surface area (Å²) >= 11 is 5.88. The number of anilines is 1. The Morgan fingerprint density at radius 2 is 1.81 bits per heavy atom. The summed E-state index contributed by atoms with van der Waals surface area (Å²) in [7, 11) is 0. The highest BCUT2D eigenvalue weighted by molar-refractivity contribution is 6.32.